The van der Waals surface area contributed by atoms with Crippen molar-refractivity contribution in [2.24, 2.45) is 5.41 Å². The summed E-state index contributed by atoms with van der Waals surface area (Å²) in [7, 11) is 1.78. The lowest BCUT2D eigenvalue weighted by molar-refractivity contribution is 0.149. The maximum Gasteiger partial charge on any atom is 0.208 e. The van der Waals surface area contributed by atoms with E-state index in [0.717, 1.165) is 36.9 Å². The van der Waals surface area contributed by atoms with Crippen molar-refractivity contribution in [1.82, 2.24) is 20.8 Å². The van der Waals surface area contributed by atoms with Gasteiger partial charge in [0.1, 0.15) is 5.75 Å². The van der Waals surface area contributed by atoms with Gasteiger partial charge in [-0.05, 0) is 43.6 Å². The van der Waals surface area contributed by atoms with Gasteiger partial charge in [-0.25, -0.2) is 0 Å². The highest BCUT2D eigenvalue weighted by molar-refractivity contribution is 7.18. The number of nitrogens with zero attached hydrogens (tertiary/aromatic N) is 3. The number of hydrogen-bond acceptors (Lipinski definition) is 8. The van der Waals surface area contributed by atoms with E-state index in [-0.39, 0.29) is 5.75 Å². The van der Waals surface area contributed by atoms with Gasteiger partial charge in [0, 0.05) is 43.5 Å². The van der Waals surface area contributed by atoms with Gasteiger partial charge >= 0.3 is 0 Å². The molecule has 1 aromatic heterocycles. The molecule has 2 aliphatic rings. The SMILES string of the molecule is CN/C=C(\C=N)c1ccc(-c2nnc(N3CC4(CCNCC4)C3)s2)c(O)c1. The van der Waals surface area contributed by atoms with Gasteiger partial charge in [-0.3, -0.25) is 0 Å². The van der Waals surface area contributed by atoms with Gasteiger partial charge in [0.25, 0.3) is 0 Å². The largest absolute Gasteiger partial charge is 0.507 e. The van der Waals surface area contributed by atoms with Gasteiger partial charge in [-0.2, -0.15) is 0 Å². The van der Waals surface area contributed by atoms with E-state index in [1.807, 2.05) is 12.1 Å². The van der Waals surface area contributed by atoms with Crippen molar-refractivity contribution in [3.63, 3.8) is 0 Å². The van der Waals surface area contributed by atoms with Crippen molar-refractivity contribution in [2.45, 2.75) is 12.8 Å². The average Bonchev–Trinajstić information content (AvgIpc) is 3.14. The normalized spacial score (nSPS) is 19.0. The molecule has 0 aliphatic carbocycles. The molecule has 2 fully saturated rings. The summed E-state index contributed by atoms with van der Waals surface area (Å²) in [6.07, 6.45) is 5.44. The first-order valence-corrected chi connectivity index (χ1v) is 9.97. The minimum atomic E-state index is 0.150. The highest BCUT2D eigenvalue weighted by Gasteiger charge is 2.44. The van der Waals surface area contributed by atoms with Gasteiger partial charge in [0.05, 0.1) is 5.56 Å². The van der Waals surface area contributed by atoms with Gasteiger partial charge in [0.15, 0.2) is 5.01 Å². The molecule has 1 spiro atoms. The molecule has 0 radical (unpaired) electrons. The number of benzene rings is 1. The van der Waals surface area contributed by atoms with Crippen LogP contribution in [0.4, 0.5) is 5.13 Å². The minimum Gasteiger partial charge on any atom is -0.507 e. The zero-order valence-electron chi connectivity index (χ0n) is 15.3. The highest BCUT2D eigenvalue weighted by Crippen LogP contribution is 2.43. The van der Waals surface area contributed by atoms with E-state index in [1.54, 1.807) is 19.3 Å². The van der Waals surface area contributed by atoms with Crippen LogP contribution in [0.15, 0.2) is 24.4 Å². The number of piperidine rings is 1. The van der Waals surface area contributed by atoms with Crippen LogP contribution in [0.5, 0.6) is 5.75 Å². The molecule has 142 valence electrons. The zero-order chi connectivity index (χ0) is 18.9. The number of aromatic hydroxyl groups is 1. The second-order valence-electron chi connectivity index (χ2n) is 7.26. The van der Waals surface area contributed by atoms with E-state index in [0.29, 0.717) is 21.6 Å². The Labute approximate surface area is 162 Å². The lowest BCUT2D eigenvalue weighted by Gasteiger charge is -2.52. The van der Waals surface area contributed by atoms with E-state index in [4.69, 9.17) is 5.41 Å². The first-order chi connectivity index (χ1) is 13.1. The van der Waals surface area contributed by atoms with Crippen LogP contribution in [0.3, 0.4) is 0 Å². The Morgan fingerprint density at radius 2 is 2.11 bits per heavy atom. The topological polar surface area (TPSA) is 97.2 Å². The smallest absolute Gasteiger partial charge is 0.208 e. The Kier molecular flexibility index (Phi) is 4.84. The predicted molar refractivity (Wildman–Crippen MR) is 110 cm³/mol. The maximum absolute atomic E-state index is 10.5. The molecule has 8 heteroatoms. The fourth-order valence-corrected chi connectivity index (χ4v) is 4.76. The molecule has 0 unspecified atom stereocenters. The second kappa shape index (κ2) is 7.28. The zero-order valence-corrected chi connectivity index (χ0v) is 16.1. The molecule has 2 saturated heterocycles. The maximum atomic E-state index is 10.5. The Morgan fingerprint density at radius 1 is 1.33 bits per heavy atom. The summed E-state index contributed by atoms with van der Waals surface area (Å²) in [4.78, 5) is 2.29. The van der Waals surface area contributed by atoms with Crippen LogP contribution in [-0.4, -0.2) is 54.7 Å². The van der Waals surface area contributed by atoms with Crippen molar-refractivity contribution in [2.75, 3.05) is 38.1 Å². The second-order valence-corrected chi connectivity index (χ2v) is 8.22. The summed E-state index contributed by atoms with van der Waals surface area (Å²) < 4.78 is 0. The fraction of sp³-hybridized carbons (Fsp3) is 0.421. The quantitative estimate of drug-likeness (QED) is 0.591. The van der Waals surface area contributed by atoms with Gasteiger partial charge in [0.2, 0.25) is 5.13 Å². The molecule has 3 heterocycles. The van der Waals surface area contributed by atoms with E-state index >= 15 is 0 Å². The Bertz CT molecular complexity index is 863. The molecule has 1 aromatic carbocycles. The summed E-state index contributed by atoms with van der Waals surface area (Å²) in [5.74, 6) is 0.150. The third kappa shape index (κ3) is 3.42. The van der Waals surface area contributed by atoms with Crippen LogP contribution < -0.4 is 15.5 Å². The van der Waals surface area contributed by atoms with Crippen molar-refractivity contribution in [1.29, 1.82) is 5.41 Å². The summed E-state index contributed by atoms with van der Waals surface area (Å²) >= 11 is 1.52. The van der Waals surface area contributed by atoms with Crippen LogP contribution in [0.2, 0.25) is 0 Å². The lowest BCUT2D eigenvalue weighted by Crippen LogP contribution is -2.60. The summed E-state index contributed by atoms with van der Waals surface area (Å²) in [6.45, 7) is 4.31. The number of anilines is 1. The fourth-order valence-electron chi connectivity index (χ4n) is 3.88. The molecule has 27 heavy (non-hydrogen) atoms. The number of phenols is 1. The monoisotopic (exact) mass is 384 g/mol. The molecule has 0 atom stereocenters. The van der Waals surface area contributed by atoms with Gasteiger partial charge in [-0.15, -0.1) is 10.2 Å². The van der Waals surface area contributed by atoms with Gasteiger partial charge in [-0.1, -0.05) is 17.4 Å². The average molecular weight is 385 g/mol. The van der Waals surface area contributed by atoms with Gasteiger partial charge < -0.3 is 26.0 Å². The van der Waals surface area contributed by atoms with Crippen LogP contribution >= 0.6 is 11.3 Å². The molecule has 0 saturated carbocycles. The lowest BCUT2D eigenvalue weighted by atomic mass is 9.73. The van der Waals surface area contributed by atoms with Crippen molar-refractivity contribution in [3.05, 3.63) is 30.0 Å². The van der Waals surface area contributed by atoms with Crippen LogP contribution in [0, 0.1) is 10.8 Å². The number of phenolic OH excluding ortho intramolecular Hbond substituents is 1. The first kappa shape index (κ1) is 17.9. The van der Waals surface area contributed by atoms with E-state index < -0.39 is 0 Å². The van der Waals surface area contributed by atoms with Crippen molar-refractivity contribution >= 4 is 28.3 Å². The predicted octanol–water partition coefficient (Wildman–Crippen LogP) is 2.31. The minimum absolute atomic E-state index is 0.150. The third-order valence-electron chi connectivity index (χ3n) is 5.42. The molecule has 4 N–H and O–H groups in total. The molecule has 2 aliphatic heterocycles. The number of hydrogen-bond donors (Lipinski definition) is 4. The number of aromatic nitrogens is 2. The van der Waals surface area contributed by atoms with Crippen LogP contribution in [-0.2, 0) is 0 Å². The van der Waals surface area contributed by atoms with E-state index in [9.17, 15) is 5.11 Å². The van der Waals surface area contributed by atoms with Crippen molar-refractivity contribution < 1.29 is 5.11 Å². The third-order valence-corrected chi connectivity index (χ3v) is 6.44. The van der Waals surface area contributed by atoms with Crippen LogP contribution in [0.1, 0.15) is 18.4 Å². The molecular weight excluding hydrogens is 360 g/mol. The number of rotatable bonds is 5. The highest BCUT2D eigenvalue weighted by atomic mass is 32.1. The Morgan fingerprint density at radius 3 is 2.78 bits per heavy atom. The Balaban J connectivity index is 1.50. The Hall–Kier alpha value is -2.45. The molecule has 0 bridgehead atoms. The summed E-state index contributed by atoms with van der Waals surface area (Å²) in [6, 6.07) is 5.39. The standard InChI is InChI=1S/C19H24N6OS/c1-21-10-14(9-20)13-2-3-15(16(26)8-13)17-23-24-18(27-17)25-11-19(12-25)4-6-22-7-5-19/h2-3,8-10,20-22,26H,4-7,11-12H2,1H3/b14-10+,20-9?. The van der Waals surface area contributed by atoms with Crippen LogP contribution in [0.25, 0.3) is 16.1 Å². The molecule has 0 amide bonds. The molecule has 2 aromatic rings. The summed E-state index contributed by atoms with van der Waals surface area (Å²) in [5, 5.41) is 34.6. The van der Waals surface area contributed by atoms with Crippen molar-refractivity contribution in [3.8, 4) is 16.3 Å². The molecule has 7 nitrogen and oxygen atoms in total. The van der Waals surface area contributed by atoms with E-state index in [2.05, 4.69) is 25.7 Å². The molecule has 4 rings (SSSR count). The molecular formula is C19H24N6OS. The first-order valence-electron chi connectivity index (χ1n) is 9.15. The number of nitrogens with one attached hydrogen (secondary N) is 3. The van der Waals surface area contributed by atoms with E-state index in [1.165, 1.54) is 30.4 Å². The number of allylic oxidation sites excluding steroid dienone is 1. The summed E-state index contributed by atoms with van der Waals surface area (Å²) in [5.41, 5.74) is 2.60.